The van der Waals surface area contributed by atoms with Crippen LogP contribution >= 0.6 is 11.8 Å². The van der Waals surface area contributed by atoms with E-state index < -0.39 is 0 Å². The molecule has 0 heterocycles. The Morgan fingerprint density at radius 3 is 2.72 bits per heavy atom. The van der Waals surface area contributed by atoms with Crippen molar-refractivity contribution in [3.8, 4) is 0 Å². The molecule has 25 heavy (non-hydrogen) atoms. The summed E-state index contributed by atoms with van der Waals surface area (Å²) in [7, 11) is 0. The van der Waals surface area contributed by atoms with Crippen molar-refractivity contribution in [1.29, 1.82) is 0 Å². The minimum absolute atomic E-state index is 0.288. The number of aliphatic hydroxyl groups is 1. The summed E-state index contributed by atoms with van der Waals surface area (Å²) < 4.78 is 0. The number of hydrogen-bond donors (Lipinski definition) is 2. The zero-order valence-corrected chi connectivity index (χ0v) is 17.2. The van der Waals surface area contributed by atoms with E-state index in [0.717, 1.165) is 25.2 Å². The van der Waals surface area contributed by atoms with Crippen molar-refractivity contribution in [1.82, 2.24) is 0 Å². The van der Waals surface area contributed by atoms with Gasteiger partial charge in [-0.05, 0) is 84.1 Å². The Hall–Kier alpha value is -0.510. The molecule has 2 nitrogen and oxygen atoms in total. The first-order valence-electron chi connectivity index (χ1n) is 9.93. The maximum Gasteiger partial charge on any atom is 0.0431 e. The van der Waals surface area contributed by atoms with Gasteiger partial charge in [-0.2, -0.15) is 11.8 Å². The number of aryl methyl sites for hydroxylation is 1. The summed E-state index contributed by atoms with van der Waals surface area (Å²) in [6, 6.07) is 7.09. The minimum Gasteiger partial charge on any atom is -0.396 e. The van der Waals surface area contributed by atoms with Gasteiger partial charge >= 0.3 is 0 Å². The van der Waals surface area contributed by atoms with E-state index in [9.17, 15) is 0 Å². The SMILES string of the molecule is CC(C)(C)CSC[C@H]1CCc2cc([C@H](CN)CCCCO)ccc2C1. The number of thioether (sulfide) groups is 1. The van der Waals surface area contributed by atoms with E-state index in [1.807, 2.05) is 0 Å². The summed E-state index contributed by atoms with van der Waals surface area (Å²) in [6.07, 6.45) is 6.81. The average Bonchev–Trinajstić information content (AvgIpc) is 2.57. The Morgan fingerprint density at radius 1 is 1.24 bits per heavy atom. The summed E-state index contributed by atoms with van der Waals surface area (Å²) >= 11 is 2.13. The van der Waals surface area contributed by atoms with Gasteiger partial charge in [0.05, 0.1) is 0 Å². The molecule has 0 aliphatic heterocycles. The molecule has 2 rings (SSSR count). The van der Waals surface area contributed by atoms with Crippen molar-refractivity contribution in [2.24, 2.45) is 17.1 Å². The Morgan fingerprint density at radius 2 is 2.04 bits per heavy atom. The van der Waals surface area contributed by atoms with Gasteiger partial charge < -0.3 is 10.8 Å². The molecule has 0 saturated heterocycles. The predicted octanol–water partition coefficient (Wildman–Crippen LogP) is 4.78. The van der Waals surface area contributed by atoms with Crippen LogP contribution < -0.4 is 5.73 Å². The normalized spacial score (nSPS) is 18.8. The van der Waals surface area contributed by atoms with Crippen LogP contribution in [0.25, 0.3) is 0 Å². The number of hydrogen-bond acceptors (Lipinski definition) is 3. The van der Waals surface area contributed by atoms with Gasteiger partial charge in [0.25, 0.3) is 0 Å². The molecule has 0 bridgehead atoms. The highest BCUT2D eigenvalue weighted by Crippen LogP contribution is 2.32. The van der Waals surface area contributed by atoms with Gasteiger partial charge in [0, 0.05) is 6.61 Å². The van der Waals surface area contributed by atoms with E-state index in [1.165, 1.54) is 36.3 Å². The summed E-state index contributed by atoms with van der Waals surface area (Å²) in [4.78, 5) is 0. The van der Waals surface area contributed by atoms with E-state index in [2.05, 4.69) is 50.7 Å². The molecule has 3 heteroatoms. The van der Waals surface area contributed by atoms with Crippen molar-refractivity contribution in [2.75, 3.05) is 24.7 Å². The highest BCUT2D eigenvalue weighted by molar-refractivity contribution is 7.99. The molecule has 0 spiro atoms. The van der Waals surface area contributed by atoms with Crippen LogP contribution in [-0.2, 0) is 12.8 Å². The van der Waals surface area contributed by atoms with Gasteiger partial charge in [-0.3, -0.25) is 0 Å². The zero-order chi connectivity index (χ0) is 18.3. The molecule has 0 amide bonds. The zero-order valence-electron chi connectivity index (χ0n) is 16.4. The molecule has 0 aromatic heterocycles. The molecule has 0 saturated carbocycles. The first kappa shape index (κ1) is 20.8. The molecule has 1 aliphatic rings. The summed E-state index contributed by atoms with van der Waals surface area (Å²) in [5.41, 5.74) is 11.0. The fraction of sp³-hybridized carbons (Fsp3) is 0.727. The van der Waals surface area contributed by atoms with Crippen LogP contribution in [0.1, 0.15) is 69.1 Å². The molecule has 1 aromatic carbocycles. The largest absolute Gasteiger partial charge is 0.396 e. The number of aliphatic hydroxyl groups excluding tert-OH is 1. The number of rotatable bonds is 9. The molecule has 0 unspecified atom stereocenters. The van der Waals surface area contributed by atoms with Crippen LogP contribution in [0, 0.1) is 11.3 Å². The first-order chi connectivity index (χ1) is 11.9. The van der Waals surface area contributed by atoms with Crippen molar-refractivity contribution in [3.63, 3.8) is 0 Å². The smallest absolute Gasteiger partial charge is 0.0431 e. The second-order valence-electron chi connectivity index (χ2n) is 8.86. The van der Waals surface area contributed by atoms with Gasteiger partial charge in [-0.15, -0.1) is 0 Å². The van der Waals surface area contributed by atoms with Crippen molar-refractivity contribution in [2.45, 2.75) is 65.2 Å². The van der Waals surface area contributed by atoms with Crippen LogP contribution in [0.2, 0.25) is 0 Å². The molecule has 1 aliphatic carbocycles. The van der Waals surface area contributed by atoms with E-state index in [1.54, 1.807) is 11.1 Å². The van der Waals surface area contributed by atoms with Gasteiger partial charge in [0.2, 0.25) is 0 Å². The van der Waals surface area contributed by atoms with Crippen molar-refractivity contribution < 1.29 is 5.11 Å². The van der Waals surface area contributed by atoms with E-state index in [4.69, 9.17) is 10.8 Å². The van der Waals surface area contributed by atoms with Crippen LogP contribution in [0.4, 0.5) is 0 Å². The van der Waals surface area contributed by atoms with Gasteiger partial charge in [0.15, 0.2) is 0 Å². The first-order valence-corrected chi connectivity index (χ1v) is 11.1. The molecule has 2 atom stereocenters. The predicted molar refractivity (Wildman–Crippen MR) is 111 cm³/mol. The third kappa shape index (κ3) is 6.96. The third-order valence-electron chi connectivity index (χ3n) is 5.17. The Labute approximate surface area is 159 Å². The highest BCUT2D eigenvalue weighted by Gasteiger charge is 2.21. The van der Waals surface area contributed by atoms with Crippen LogP contribution in [0.3, 0.4) is 0 Å². The van der Waals surface area contributed by atoms with E-state index in [0.29, 0.717) is 17.9 Å². The van der Waals surface area contributed by atoms with Gasteiger partial charge in [-0.25, -0.2) is 0 Å². The Bertz CT molecular complexity index is 523. The average molecular weight is 364 g/mol. The Balaban J connectivity index is 1.91. The molecule has 3 N–H and O–H groups in total. The maximum absolute atomic E-state index is 8.98. The topological polar surface area (TPSA) is 46.2 Å². The van der Waals surface area contributed by atoms with Crippen LogP contribution in [0.5, 0.6) is 0 Å². The lowest BCUT2D eigenvalue weighted by Gasteiger charge is -2.27. The standard InChI is InChI=1S/C22H37NOS/c1-22(2,3)16-25-15-17-7-8-19-13-20(10-9-18(19)12-17)21(14-23)6-4-5-11-24/h9-10,13,17,21,24H,4-8,11-12,14-16,23H2,1-3H3/t17-,21-/m0/s1. The maximum atomic E-state index is 8.98. The Kier molecular flexibility index (Phi) is 8.31. The third-order valence-corrected chi connectivity index (χ3v) is 6.94. The molecule has 0 fully saturated rings. The molecule has 1 aromatic rings. The van der Waals surface area contributed by atoms with Crippen molar-refractivity contribution in [3.05, 3.63) is 34.9 Å². The number of fused-ring (bicyclic) bond motifs is 1. The monoisotopic (exact) mass is 363 g/mol. The van der Waals surface area contributed by atoms with E-state index >= 15 is 0 Å². The van der Waals surface area contributed by atoms with Crippen LogP contribution in [0.15, 0.2) is 18.2 Å². The molecular weight excluding hydrogens is 326 g/mol. The summed E-state index contributed by atoms with van der Waals surface area (Å²) in [6.45, 7) is 7.97. The summed E-state index contributed by atoms with van der Waals surface area (Å²) in [5.74, 6) is 3.82. The van der Waals surface area contributed by atoms with E-state index in [-0.39, 0.29) is 6.61 Å². The molecule has 0 radical (unpaired) electrons. The number of nitrogens with two attached hydrogens (primary N) is 1. The fourth-order valence-corrected chi connectivity index (χ4v) is 5.05. The lowest BCUT2D eigenvalue weighted by atomic mass is 9.82. The summed E-state index contributed by atoms with van der Waals surface area (Å²) in [5, 5.41) is 8.98. The number of unbranched alkanes of at least 4 members (excludes halogenated alkanes) is 1. The molecular formula is C22H37NOS. The molecule has 142 valence electrons. The van der Waals surface area contributed by atoms with Gasteiger partial charge in [0.1, 0.15) is 0 Å². The quantitative estimate of drug-likeness (QED) is 0.621. The highest BCUT2D eigenvalue weighted by atomic mass is 32.2. The van der Waals surface area contributed by atoms with Crippen LogP contribution in [-0.4, -0.2) is 29.8 Å². The lowest BCUT2D eigenvalue weighted by Crippen LogP contribution is -2.19. The number of benzene rings is 1. The fourth-order valence-electron chi connectivity index (χ4n) is 3.70. The van der Waals surface area contributed by atoms with Crippen molar-refractivity contribution >= 4 is 11.8 Å². The lowest BCUT2D eigenvalue weighted by molar-refractivity contribution is 0.281. The second-order valence-corrected chi connectivity index (χ2v) is 9.90. The minimum atomic E-state index is 0.288. The second kappa shape index (κ2) is 9.99. The van der Waals surface area contributed by atoms with Gasteiger partial charge in [-0.1, -0.05) is 45.4 Å².